The molecule has 0 bridgehead atoms. The lowest BCUT2D eigenvalue weighted by Crippen LogP contribution is -2.30. The van der Waals surface area contributed by atoms with Crippen LogP contribution in [0, 0.1) is 0 Å². The number of carbonyl (C=O) groups excluding carboxylic acids is 2. The fourth-order valence-electron chi connectivity index (χ4n) is 2.74. The minimum atomic E-state index is -1.25. The van der Waals surface area contributed by atoms with Crippen molar-refractivity contribution in [1.82, 2.24) is 5.32 Å². The van der Waals surface area contributed by atoms with Crippen molar-refractivity contribution in [2.75, 3.05) is 18.9 Å². The molecule has 0 heterocycles. The van der Waals surface area contributed by atoms with E-state index in [4.69, 9.17) is 4.74 Å². The molecule has 1 aromatic rings. The zero-order chi connectivity index (χ0) is 18.1. The largest absolute Gasteiger partial charge is 0.452 e. The van der Waals surface area contributed by atoms with Crippen LogP contribution in [-0.2, 0) is 20.3 Å². The van der Waals surface area contributed by atoms with Gasteiger partial charge in [-0.25, -0.2) is 4.79 Å². The van der Waals surface area contributed by atoms with Gasteiger partial charge >= 0.3 is 5.97 Å². The van der Waals surface area contributed by atoms with Crippen molar-refractivity contribution in [1.29, 1.82) is 0 Å². The van der Waals surface area contributed by atoms with Crippen molar-refractivity contribution >= 4 is 22.7 Å². The maximum atomic E-state index is 12.2. The van der Waals surface area contributed by atoms with Crippen molar-refractivity contribution in [3.05, 3.63) is 41.5 Å². The first kappa shape index (κ1) is 19.4. The number of ether oxygens (including phenoxy) is 1. The van der Waals surface area contributed by atoms with Crippen LogP contribution < -0.4 is 5.32 Å². The maximum Gasteiger partial charge on any atom is 0.339 e. The van der Waals surface area contributed by atoms with E-state index in [0.717, 1.165) is 19.3 Å². The summed E-state index contributed by atoms with van der Waals surface area (Å²) in [5, 5.41) is 2.77. The van der Waals surface area contributed by atoms with Crippen LogP contribution in [0.5, 0.6) is 0 Å². The molecule has 0 spiro atoms. The number of nitrogens with one attached hydrogen (secondary N) is 1. The Bertz CT molecular complexity index is 669. The van der Waals surface area contributed by atoms with E-state index >= 15 is 0 Å². The first-order chi connectivity index (χ1) is 12.1. The second-order valence-electron chi connectivity index (χ2n) is 5.91. The highest BCUT2D eigenvalue weighted by molar-refractivity contribution is 7.85. The molecule has 0 radical (unpaired) electrons. The fourth-order valence-corrected chi connectivity index (χ4v) is 3.68. The van der Waals surface area contributed by atoms with Crippen LogP contribution in [0.25, 0.3) is 0 Å². The number of allylic oxidation sites excluding steroid dienone is 1. The van der Waals surface area contributed by atoms with Gasteiger partial charge in [-0.2, -0.15) is 0 Å². The van der Waals surface area contributed by atoms with E-state index in [0.29, 0.717) is 17.2 Å². The Kier molecular flexibility index (Phi) is 7.85. The van der Waals surface area contributed by atoms with Gasteiger partial charge in [0.2, 0.25) is 0 Å². The zero-order valence-corrected chi connectivity index (χ0v) is 15.4. The highest BCUT2D eigenvalue weighted by Crippen LogP contribution is 2.19. The quantitative estimate of drug-likeness (QED) is 0.569. The molecule has 2 rings (SSSR count). The van der Waals surface area contributed by atoms with Crippen LogP contribution in [0.2, 0.25) is 0 Å². The summed E-state index contributed by atoms with van der Waals surface area (Å²) in [6.07, 6.45) is 7.79. The summed E-state index contributed by atoms with van der Waals surface area (Å²) in [4.78, 5) is 24.4. The Labute approximate surface area is 151 Å². The van der Waals surface area contributed by atoms with Crippen molar-refractivity contribution < 1.29 is 18.5 Å². The molecule has 0 aromatic heterocycles. The minimum Gasteiger partial charge on any atom is -0.452 e. The zero-order valence-electron chi connectivity index (χ0n) is 14.6. The molecule has 136 valence electrons. The van der Waals surface area contributed by atoms with Gasteiger partial charge in [0, 0.05) is 12.3 Å². The highest BCUT2D eigenvalue weighted by atomic mass is 32.2. The molecule has 25 heavy (non-hydrogen) atoms. The van der Waals surface area contributed by atoms with E-state index in [-0.39, 0.29) is 18.1 Å². The molecule has 1 aliphatic carbocycles. The van der Waals surface area contributed by atoms with Gasteiger partial charge in [-0.3, -0.25) is 9.00 Å². The van der Waals surface area contributed by atoms with Gasteiger partial charge in [-0.1, -0.05) is 30.7 Å². The smallest absolute Gasteiger partial charge is 0.339 e. The summed E-state index contributed by atoms with van der Waals surface area (Å²) >= 11 is 0. The van der Waals surface area contributed by atoms with Gasteiger partial charge in [0.15, 0.2) is 6.61 Å². The average molecular weight is 363 g/mol. The molecular weight excluding hydrogens is 338 g/mol. The molecule has 5 nitrogen and oxygen atoms in total. The molecule has 6 heteroatoms. The van der Waals surface area contributed by atoms with Crippen molar-refractivity contribution in [3.8, 4) is 0 Å². The topological polar surface area (TPSA) is 72.5 Å². The van der Waals surface area contributed by atoms with Gasteiger partial charge in [0.25, 0.3) is 5.91 Å². The van der Waals surface area contributed by atoms with Gasteiger partial charge in [0.05, 0.1) is 21.3 Å². The SMILES string of the molecule is CCS(=O)c1ccccc1C(=O)OCC(=O)NCCC1=CCCCC1. The van der Waals surface area contributed by atoms with Gasteiger partial charge in [-0.05, 0) is 44.2 Å². The number of esters is 1. The standard InChI is InChI=1S/C19H25NO4S/c1-2-25(23)17-11-7-6-10-16(17)19(22)24-14-18(21)20-13-12-15-8-4-3-5-9-15/h6-8,10-11H,2-5,9,12-14H2,1H3,(H,20,21). The van der Waals surface area contributed by atoms with E-state index in [9.17, 15) is 13.8 Å². The first-order valence-electron chi connectivity index (χ1n) is 8.71. The van der Waals surface area contributed by atoms with E-state index in [2.05, 4.69) is 11.4 Å². The first-order valence-corrected chi connectivity index (χ1v) is 10.0. The third-order valence-electron chi connectivity index (χ3n) is 4.10. The summed E-state index contributed by atoms with van der Waals surface area (Å²) in [6.45, 7) is 2.01. The van der Waals surface area contributed by atoms with E-state index in [1.54, 1.807) is 31.2 Å². The van der Waals surface area contributed by atoms with Gasteiger partial charge in [-0.15, -0.1) is 0 Å². The van der Waals surface area contributed by atoms with Crippen LogP contribution in [0.4, 0.5) is 0 Å². The number of hydrogen-bond acceptors (Lipinski definition) is 4. The lowest BCUT2D eigenvalue weighted by atomic mass is 9.97. The summed E-state index contributed by atoms with van der Waals surface area (Å²) in [5.74, 6) is -0.526. The number of carbonyl (C=O) groups is 2. The normalized spacial score (nSPS) is 15.2. The molecule has 1 aliphatic rings. The number of amides is 1. The predicted molar refractivity (Wildman–Crippen MR) is 97.9 cm³/mol. The lowest BCUT2D eigenvalue weighted by molar-refractivity contribution is -0.124. The predicted octanol–water partition coefficient (Wildman–Crippen LogP) is 2.98. The molecule has 0 saturated heterocycles. The van der Waals surface area contributed by atoms with Crippen LogP contribution in [0.15, 0.2) is 40.8 Å². The summed E-state index contributed by atoms with van der Waals surface area (Å²) in [5.41, 5.74) is 1.64. The summed E-state index contributed by atoms with van der Waals surface area (Å²) in [6, 6.07) is 6.63. The second-order valence-corrected chi connectivity index (χ2v) is 7.62. The Hall–Kier alpha value is -1.95. The molecule has 1 unspecified atom stereocenters. The van der Waals surface area contributed by atoms with Crippen LogP contribution in [-0.4, -0.2) is 35.0 Å². The average Bonchev–Trinajstić information content (AvgIpc) is 2.66. The van der Waals surface area contributed by atoms with Crippen LogP contribution in [0.1, 0.15) is 49.4 Å². The monoisotopic (exact) mass is 363 g/mol. The van der Waals surface area contributed by atoms with Crippen molar-refractivity contribution in [3.63, 3.8) is 0 Å². The number of benzene rings is 1. The summed E-state index contributed by atoms with van der Waals surface area (Å²) in [7, 11) is -1.25. The third-order valence-corrected chi connectivity index (χ3v) is 5.47. The van der Waals surface area contributed by atoms with E-state index in [1.165, 1.54) is 18.4 Å². The van der Waals surface area contributed by atoms with E-state index < -0.39 is 16.8 Å². The molecule has 0 aliphatic heterocycles. The second kappa shape index (κ2) is 10.1. The Morgan fingerprint density at radius 3 is 2.76 bits per heavy atom. The Balaban J connectivity index is 1.78. The molecule has 1 N–H and O–H groups in total. The summed E-state index contributed by atoms with van der Waals surface area (Å²) < 4.78 is 17.1. The van der Waals surface area contributed by atoms with Crippen LogP contribution >= 0.6 is 0 Å². The maximum absolute atomic E-state index is 12.2. The molecule has 0 fully saturated rings. The number of hydrogen-bond donors (Lipinski definition) is 1. The number of rotatable bonds is 8. The Morgan fingerprint density at radius 1 is 1.24 bits per heavy atom. The highest BCUT2D eigenvalue weighted by Gasteiger charge is 2.17. The minimum absolute atomic E-state index is 0.253. The molecular formula is C19H25NO4S. The Morgan fingerprint density at radius 2 is 2.04 bits per heavy atom. The van der Waals surface area contributed by atoms with Crippen LogP contribution in [0.3, 0.4) is 0 Å². The lowest BCUT2D eigenvalue weighted by Gasteiger charge is -2.13. The van der Waals surface area contributed by atoms with Crippen molar-refractivity contribution in [2.24, 2.45) is 0 Å². The van der Waals surface area contributed by atoms with Gasteiger partial charge < -0.3 is 10.1 Å². The van der Waals surface area contributed by atoms with Crippen molar-refractivity contribution in [2.45, 2.75) is 43.9 Å². The molecule has 1 aromatic carbocycles. The third kappa shape index (κ3) is 6.12. The molecule has 1 amide bonds. The molecule has 0 saturated carbocycles. The van der Waals surface area contributed by atoms with E-state index in [1.807, 2.05) is 0 Å². The molecule has 1 atom stereocenters. The fraction of sp³-hybridized carbons (Fsp3) is 0.474. The van der Waals surface area contributed by atoms with Gasteiger partial charge in [0.1, 0.15) is 0 Å².